The molecule has 1 aromatic rings. The van der Waals surface area contributed by atoms with Crippen LogP contribution in [0.15, 0.2) is 17.2 Å². The van der Waals surface area contributed by atoms with Crippen LogP contribution in [0.25, 0.3) is 0 Å². The lowest BCUT2D eigenvalue weighted by atomic mass is 10.2. The van der Waals surface area contributed by atoms with E-state index >= 15 is 0 Å². The van der Waals surface area contributed by atoms with Gasteiger partial charge in [-0.15, -0.1) is 0 Å². The molecule has 0 unspecified atom stereocenters. The molecule has 0 saturated carbocycles. The van der Waals surface area contributed by atoms with Gasteiger partial charge in [0.1, 0.15) is 5.60 Å². The van der Waals surface area contributed by atoms with Crippen molar-refractivity contribution >= 4 is 23.9 Å². The van der Waals surface area contributed by atoms with Crippen molar-refractivity contribution < 1.29 is 19.0 Å². The molecule has 0 atom stereocenters. The molecular formula is C13H15ClN2O4. The molecular weight excluding hydrogens is 284 g/mol. The Balaban J connectivity index is 2.00. The highest BCUT2D eigenvalue weighted by Crippen LogP contribution is 2.36. The minimum Gasteiger partial charge on any atom is -0.454 e. The predicted molar refractivity (Wildman–Crippen MR) is 74.5 cm³/mol. The lowest BCUT2D eigenvalue weighted by Crippen LogP contribution is -2.29. The van der Waals surface area contributed by atoms with Gasteiger partial charge in [-0.05, 0) is 26.8 Å². The molecule has 0 saturated heterocycles. The number of carbonyl (C=O) groups is 1. The average molecular weight is 299 g/mol. The molecule has 6 nitrogen and oxygen atoms in total. The van der Waals surface area contributed by atoms with Gasteiger partial charge in [0.2, 0.25) is 6.79 Å². The van der Waals surface area contributed by atoms with Crippen molar-refractivity contribution in [1.82, 2.24) is 5.43 Å². The molecule has 7 heteroatoms. The van der Waals surface area contributed by atoms with Crippen LogP contribution in [0.5, 0.6) is 11.5 Å². The molecule has 0 aromatic heterocycles. The maximum atomic E-state index is 11.4. The minimum atomic E-state index is -0.634. The zero-order valence-corrected chi connectivity index (χ0v) is 12.2. The Morgan fingerprint density at radius 1 is 1.40 bits per heavy atom. The molecule has 20 heavy (non-hydrogen) atoms. The van der Waals surface area contributed by atoms with Crippen molar-refractivity contribution in [1.29, 1.82) is 0 Å². The minimum absolute atomic E-state index is 0.169. The van der Waals surface area contributed by atoms with Crippen molar-refractivity contribution in [3.8, 4) is 11.5 Å². The van der Waals surface area contributed by atoms with E-state index in [0.717, 1.165) is 0 Å². The van der Waals surface area contributed by atoms with Crippen molar-refractivity contribution in [2.24, 2.45) is 5.10 Å². The van der Waals surface area contributed by atoms with Crippen molar-refractivity contribution in [3.63, 3.8) is 0 Å². The summed E-state index contributed by atoms with van der Waals surface area (Å²) in [5, 5.41) is 4.23. The van der Waals surface area contributed by atoms with Crippen LogP contribution in [0.4, 0.5) is 4.79 Å². The maximum absolute atomic E-state index is 11.4. The summed E-state index contributed by atoms with van der Waals surface area (Å²) in [5.41, 5.74) is 2.29. The van der Waals surface area contributed by atoms with Crippen LogP contribution in [0.3, 0.4) is 0 Å². The molecule has 108 valence electrons. The van der Waals surface area contributed by atoms with Gasteiger partial charge in [0.25, 0.3) is 0 Å². The fraction of sp³-hybridized carbons (Fsp3) is 0.385. The van der Waals surface area contributed by atoms with Crippen molar-refractivity contribution in [3.05, 3.63) is 22.7 Å². The number of hydrazone groups is 1. The smallest absolute Gasteiger partial charge is 0.428 e. The monoisotopic (exact) mass is 298 g/mol. The number of rotatable bonds is 2. The van der Waals surface area contributed by atoms with Crippen LogP contribution in [-0.4, -0.2) is 24.7 Å². The molecule has 0 aliphatic carbocycles. The van der Waals surface area contributed by atoms with E-state index in [4.69, 9.17) is 25.8 Å². The fourth-order valence-electron chi connectivity index (χ4n) is 1.49. The normalized spacial score (nSPS) is 13.6. The van der Waals surface area contributed by atoms with Gasteiger partial charge < -0.3 is 14.2 Å². The number of hydrogen-bond acceptors (Lipinski definition) is 5. The second kappa shape index (κ2) is 5.58. The molecule has 2 rings (SSSR count). The van der Waals surface area contributed by atoms with Crippen LogP contribution in [0.1, 0.15) is 26.3 Å². The lowest BCUT2D eigenvalue weighted by Gasteiger charge is -2.18. The topological polar surface area (TPSA) is 69.2 Å². The Kier molecular flexibility index (Phi) is 4.04. The Labute approximate surface area is 121 Å². The van der Waals surface area contributed by atoms with Crippen LogP contribution in [0, 0.1) is 0 Å². The second-order valence-corrected chi connectivity index (χ2v) is 5.51. The van der Waals surface area contributed by atoms with Crippen molar-refractivity contribution in [2.45, 2.75) is 26.4 Å². The third kappa shape index (κ3) is 3.77. The standard InChI is InChI=1S/C13H15ClN2O4/c1-13(2,3)20-12(17)16-15-6-8-4-10-11(5-9(8)14)19-7-18-10/h4-6H,7H2,1-3H3,(H,16,17). The van der Waals surface area contributed by atoms with Gasteiger partial charge in [0.05, 0.1) is 11.2 Å². The molecule has 1 aliphatic heterocycles. The van der Waals surface area contributed by atoms with Crippen LogP contribution < -0.4 is 14.9 Å². The number of benzene rings is 1. The molecule has 0 spiro atoms. The molecule has 1 heterocycles. The summed E-state index contributed by atoms with van der Waals surface area (Å²) in [6.07, 6.45) is 0.777. The molecule has 1 amide bonds. The van der Waals surface area contributed by atoms with E-state index in [1.165, 1.54) is 6.21 Å². The highest BCUT2D eigenvalue weighted by atomic mass is 35.5. The number of nitrogens with zero attached hydrogens (tertiary/aromatic N) is 1. The highest BCUT2D eigenvalue weighted by molar-refractivity contribution is 6.33. The Morgan fingerprint density at radius 2 is 2.05 bits per heavy atom. The number of amides is 1. The predicted octanol–water partition coefficient (Wildman–Crippen LogP) is 2.93. The number of carbonyl (C=O) groups excluding carboxylic acids is 1. The number of nitrogens with one attached hydrogen (secondary N) is 1. The molecule has 0 fully saturated rings. The van der Waals surface area contributed by atoms with Crippen LogP contribution in [-0.2, 0) is 4.74 Å². The third-order valence-corrected chi connectivity index (χ3v) is 2.58. The van der Waals surface area contributed by atoms with Crippen molar-refractivity contribution in [2.75, 3.05) is 6.79 Å². The average Bonchev–Trinajstić information content (AvgIpc) is 2.73. The number of ether oxygens (including phenoxy) is 3. The summed E-state index contributed by atoms with van der Waals surface area (Å²) in [5.74, 6) is 1.18. The van der Waals surface area contributed by atoms with Gasteiger partial charge in [-0.2, -0.15) is 5.10 Å². The van der Waals surface area contributed by atoms with Gasteiger partial charge >= 0.3 is 6.09 Å². The number of fused-ring (bicyclic) bond motifs is 1. The van der Waals surface area contributed by atoms with Gasteiger partial charge in [-0.1, -0.05) is 11.6 Å². The van der Waals surface area contributed by atoms with Gasteiger partial charge in [-0.3, -0.25) is 0 Å². The summed E-state index contributed by atoms with van der Waals surface area (Å²) < 4.78 is 15.5. The fourth-order valence-corrected chi connectivity index (χ4v) is 1.69. The van der Waals surface area contributed by atoms with Gasteiger partial charge in [0.15, 0.2) is 11.5 Å². The van der Waals surface area contributed by atoms with E-state index in [1.807, 2.05) is 0 Å². The lowest BCUT2D eigenvalue weighted by molar-refractivity contribution is 0.0529. The SMILES string of the molecule is CC(C)(C)OC(=O)NN=Cc1cc2c(cc1Cl)OCO2. The second-order valence-electron chi connectivity index (χ2n) is 5.10. The van der Waals surface area contributed by atoms with E-state index in [2.05, 4.69) is 10.5 Å². The molecule has 1 aliphatic rings. The zero-order valence-electron chi connectivity index (χ0n) is 11.4. The third-order valence-electron chi connectivity index (χ3n) is 2.25. The van der Waals surface area contributed by atoms with Gasteiger partial charge in [0, 0.05) is 11.6 Å². The van der Waals surface area contributed by atoms with E-state index in [0.29, 0.717) is 22.1 Å². The van der Waals surface area contributed by atoms with E-state index in [9.17, 15) is 4.79 Å². The first kappa shape index (κ1) is 14.5. The first-order valence-electron chi connectivity index (χ1n) is 5.96. The molecule has 1 N–H and O–H groups in total. The molecule has 1 aromatic carbocycles. The summed E-state index contributed by atoms with van der Waals surface area (Å²) in [4.78, 5) is 11.4. The number of hydrogen-bond donors (Lipinski definition) is 1. The van der Waals surface area contributed by atoms with Crippen LogP contribution in [0.2, 0.25) is 5.02 Å². The summed E-state index contributed by atoms with van der Waals surface area (Å²) in [6.45, 7) is 5.48. The highest BCUT2D eigenvalue weighted by Gasteiger charge is 2.17. The number of halogens is 1. The summed E-state index contributed by atoms with van der Waals surface area (Å²) >= 11 is 6.06. The van der Waals surface area contributed by atoms with E-state index < -0.39 is 11.7 Å². The zero-order chi connectivity index (χ0) is 14.8. The van der Waals surface area contributed by atoms with E-state index in [1.54, 1.807) is 32.9 Å². The largest absolute Gasteiger partial charge is 0.454 e. The quantitative estimate of drug-likeness (QED) is 0.673. The Morgan fingerprint density at radius 3 is 2.70 bits per heavy atom. The molecule has 0 radical (unpaired) electrons. The van der Waals surface area contributed by atoms with Crippen LogP contribution >= 0.6 is 11.6 Å². The molecule has 0 bridgehead atoms. The summed E-state index contributed by atoms with van der Waals surface area (Å²) in [6, 6.07) is 3.32. The van der Waals surface area contributed by atoms with E-state index in [-0.39, 0.29) is 6.79 Å². The van der Waals surface area contributed by atoms with Gasteiger partial charge in [-0.25, -0.2) is 10.2 Å². The Hall–Kier alpha value is -1.95. The Bertz CT molecular complexity index is 552. The first-order valence-corrected chi connectivity index (χ1v) is 6.34. The first-order chi connectivity index (χ1) is 9.35. The summed E-state index contributed by atoms with van der Waals surface area (Å²) in [7, 11) is 0. The maximum Gasteiger partial charge on any atom is 0.428 e.